The summed E-state index contributed by atoms with van der Waals surface area (Å²) in [6, 6.07) is 12.7. The van der Waals surface area contributed by atoms with E-state index in [1.807, 2.05) is 30.3 Å². The van der Waals surface area contributed by atoms with Crippen LogP contribution in [0.4, 0.5) is 0 Å². The minimum atomic E-state index is -0.953. The van der Waals surface area contributed by atoms with Crippen LogP contribution in [0.2, 0.25) is 0 Å². The van der Waals surface area contributed by atoms with Gasteiger partial charge in [-0.1, -0.05) is 12.1 Å². The molecule has 3 rings (SSSR count). The monoisotopic (exact) mass is 276 g/mol. The molecule has 0 radical (unpaired) electrons. The number of carboxylic acid groups (broad SMARTS) is 1. The minimum Gasteiger partial charge on any atom is -0.478 e. The van der Waals surface area contributed by atoms with Crippen LogP contribution in [0.3, 0.4) is 0 Å². The number of hydrogen-bond donors (Lipinski definition) is 1. The molecule has 1 N–H and O–H groups in total. The third-order valence-electron chi connectivity index (χ3n) is 3.17. The summed E-state index contributed by atoms with van der Waals surface area (Å²) in [5, 5.41) is 9.30. The van der Waals surface area contributed by atoms with Gasteiger partial charge < -0.3 is 5.11 Å². The van der Waals surface area contributed by atoms with Gasteiger partial charge in [-0.15, -0.1) is 0 Å². The molecule has 0 aliphatic rings. The molecule has 102 valence electrons. The fourth-order valence-corrected chi connectivity index (χ4v) is 2.15. The number of aromatic carboxylic acids is 1. The molecule has 2 aromatic heterocycles. The first-order valence-electron chi connectivity index (χ1n) is 6.43. The number of aromatic nitrogens is 2. The summed E-state index contributed by atoms with van der Waals surface area (Å²) in [5.74, 6) is -0.953. The topological polar surface area (TPSA) is 63.1 Å². The van der Waals surface area contributed by atoms with Crippen LogP contribution in [0.5, 0.6) is 0 Å². The number of nitrogens with zero attached hydrogens (tertiary/aromatic N) is 2. The number of rotatable bonds is 3. The van der Waals surface area contributed by atoms with Crippen LogP contribution in [0.15, 0.2) is 67.3 Å². The lowest BCUT2D eigenvalue weighted by atomic mass is 9.97. The summed E-state index contributed by atoms with van der Waals surface area (Å²) in [4.78, 5) is 19.5. The van der Waals surface area contributed by atoms with Gasteiger partial charge in [0.25, 0.3) is 0 Å². The van der Waals surface area contributed by atoms with Crippen molar-refractivity contribution in [1.29, 1.82) is 0 Å². The largest absolute Gasteiger partial charge is 0.478 e. The summed E-state index contributed by atoms with van der Waals surface area (Å²) in [7, 11) is 0. The lowest BCUT2D eigenvalue weighted by molar-refractivity contribution is 0.0697. The molecule has 0 aliphatic carbocycles. The lowest BCUT2D eigenvalue weighted by Gasteiger charge is -2.08. The van der Waals surface area contributed by atoms with Gasteiger partial charge in [-0.3, -0.25) is 9.97 Å². The highest BCUT2D eigenvalue weighted by atomic mass is 16.4. The average molecular weight is 276 g/mol. The van der Waals surface area contributed by atoms with Crippen LogP contribution in [0, 0.1) is 0 Å². The molecule has 4 nitrogen and oxygen atoms in total. The van der Waals surface area contributed by atoms with Crippen molar-refractivity contribution in [2.75, 3.05) is 0 Å². The van der Waals surface area contributed by atoms with Gasteiger partial charge in [0.2, 0.25) is 0 Å². The molecular weight excluding hydrogens is 264 g/mol. The summed E-state index contributed by atoms with van der Waals surface area (Å²) >= 11 is 0. The maximum atomic E-state index is 11.3. The summed E-state index contributed by atoms with van der Waals surface area (Å²) in [6.45, 7) is 0. The number of pyridine rings is 2. The van der Waals surface area contributed by atoms with Gasteiger partial charge in [0.15, 0.2) is 0 Å². The van der Waals surface area contributed by atoms with Gasteiger partial charge in [0.05, 0.1) is 5.56 Å². The van der Waals surface area contributed by atoms with Gasteiger partial charge in [-0.2, -0.15) is 0 Å². The normalized spacial score (nSPS) is 10.3. The third kappa shape index (κ3) is 2.79. The Hall–Kier alpha value is -3.01. The molecule has 21 heavy (non-hydrogen) atoms. The van der Waals surface area contributed by atoms with E-state index in [0.717, 1.165) is 22.3 Å². The summed E-state index contributed by atoms with van der Waals surface area (Å²) in [6.07, 6.45) is 6.81. The first-order valence-corrected chi connectivity index (χ1v) is 6.43. The number of carbonyl (C=O) groups is 1. The van der Waals surface area contributed by atoms with Gasteiger partial charge >= 0.3 is 5.97 Å². The molecule has 4 heteroatoms. The molecule has 0 atom stereocenters. The highest BCUT2D eigenvalue weighted by molar-refractivity contribution is 5.92. The van der Waals surface area contributed by atoms with Gasteiger partial charge in [0, 0.05) is 35.9 Å². The Balaban J connectivity index is 2.18. The van der Waals surface area contributed by atoms with Crippen LogP contribution in [-0.2, 0) is 0 Å². The first kappa shape index (κ1) is 13.0. The molecule has 0 saturated heterocycles. The number of hydrogen-bond acceptors (Lipinski definition) is 3. The standard InChI is InChI=1S/C17H12N2O2/c20-17(21)16-8-14(12-3-1-5-18-10-12)7-15(9-16)13-4-2-6-19-11-13/h1-11H,(H,20,21). The quantitative estimate of drug-likeness (QED) is 0.795. The van der Waals surface area contributed by atoms with E-state index < -0.39 is 5.97 Å². The predicted octanol–water partition coefficient (Wildman–Crippen LogP) is 3.51. The fourth-order valence-electron chi connectivity index (χ4n) is 2.15. The van der Waals surface area contributed by atoms with E-state index in [4.69, 9.17) is 0 Å². The van der Waals surface area contributed by atoms with Crippen LogP contribution in [0.25, 0.3) is 22.3 Å². The first-order chi connectivity index (χ1) is 10.2. The van der Waals surface area contributed by atoms with Crippen molar-refractivity contribution in [3.63, 3.8) is 0 Å². The predicted molar refractivity (Wildman–Crippen MR) is 79.9 cm³/mol. The Bertz CT molecular complexity index is 714. The molecular formula is C17H12N2O2. The van der Waals surface area contributed by atoms with Crippen LogP contribution < -0.4 is 0 Å². The van der Waals surface area contributed by atoms with E-state index in [0.29, 0.717) is 0 Å². The minimum absolute atomic E-state index is 0.246. The fraction of sp³-hybridized carbons (Fsp3) is 0. The van der Waals surface area contributed by atoms with E-state index in [2.05, 4.69) is 9.97 Å². The molecule has 0 spiro atoms. The Kier molecular flexibility index (Phi) is 3.43. The van der Waals surface area contributed by atoms with Crippen molar-refractivity contribution in [2.24, 2.45) is 0 Å². The van der Waals surface area contributed by atoms with E-state index in [1.165, 1.54) is 0 Å². The molecule has 3 aromatic rings. The van der Waals surface area contributed by atoms with Crippen LogP contribution >= 0.6 is 0 Å². The Labute approximate surface area is 121 Å². The second-order valence-electron chi connectivity index (χ2n) is 4.59. The van der Waals surface area contributed by atoms with Crippen LogP contribution in [0.1, 0.15) is 10.4 Å². The van der Waals surface area contributed by atoms with E-state index in [9.17, 15) is 9.90 Å². The maximum Gasteiger partial charge on any atom is 0.335 e. The molecule has 0 amide bonds. The van der Waals surface area contributed by atoms with Crippen molar-refractivity contribution in [3.8, 4) is 22.3 Å². The third-order valence-corrected chi connectivity index (χ3v) is 3.17. The van der Waals surface area contributed by atoms with Crippen molar-refractivity contribution in [1.82, 2.24) is 9.97 Å². The van der Waals surface area contributed by atoms with E-state index >= 15 is 0 Å². The Morgan fingerprint density at radius 2 is 1.33 bits per heavy atom. The zero-order valence-electron chi connectivity index (χ0n) is 11.1. The Morgan fingerprint density at radius 3 is 1.71 bits per heavy atom. The van der Waals surface area contributed by atoms with Crippen molar-refractivity contribution < 1.29 is 9.90 Å². The van der Waals surface area contributed by atoms with E-state index in [-0.39, 0.29) is 5.56 Å². The highest BCUT2D eigenvalue weighted by Gasteiger charge is 2.10. The zero-order valence-corrected chi connectivity index (χ0v) is 11.1. The number of benzene rings is 1. The van der Waals surface area contributed by atoms with Crippen molar-refractivity contribution in [3.05, 3.63) is 72.8 Å². The zero-order chi connectivity index (χ0) is 14.7. The highest BCUT2D eigenvalue weighted by Crippen LogP contribution is 2.27. The molecule has 0 unspecified atom stereocenters. The summed E-state index contributed by atoms with van der Waals surface area (Å²) < 4.78 is 0. The summed E-state index contributed by atoms with van der Waals surface area (Å²) in [5.41, 5.74) is 3.65. The smallest absolute Gasteiger partial charge is 0.335 e. The second kappa shape index (κ2) is 5.54. The molecule has 0 saturated carbocycles. The maximum absolute atomic E-state index is 11.3. The van der Waals surface area contributed by atoms with Gasteiger partial charge in [-0.25, -0.2) is 4.79 Å². The SMILES string of the molecule is O=C(O)c1cc(-c2cccnc2)cc(-c2cccnc2)c1. The van der Waals surface area contributed by atoms with E-state index in [1.54, 1.807) is 36.9 Å². The second-order valence-corrected chi connectivity index (χ2v) is 4.59. The molecule has 1 aromatic carbocycles. The molecule has 0 aliphatic heterocycles. The lowest BCUT2D eigenvalue weighted by Crippen LogP contribution is -1.97. The van der Waals surface area contributed by atoms with Gasteiger partial charge in [-0.05, 0) is 41.5 Å². The Morgan fingerprint density at radius 1 is 0.810 bits per heavy atom. The molecule has 0 fully saturated rings. The van der Waals surface area contributed by atoms with Crippen molar-refractivity contribution in [2.45, 2.75) is 0 Å². The van der Waals surface area contributed by atoms with Gasteiger partial charge in [0.1, 0.15) is 0 Å². The molecule has 0 bridgehead atoms. The molecule has 2 heterocycles. The van der Waals surface area contributed by atoms with Crippen molar-refractivity contribution >= 4 is 5.97 Å². The van der Waals surface area contributed by atoms with Crippen LogP contribution in [-0.4, -0.2) is 21.0 Å². The number of carboxylic acids is 1. The average Bonchev–Trinajstić information content (AvgIpc) is 2.56.